The van der Waals surface area contributed by atoms with Gasteiger partial charge in [-0.15, -0.1) is 0 Å². The molecule has 2 fully saturated rings. The average molecular weight is 669 g/mol. The molecule has 260 valence electrons. The minimum atomic E-state index is -6.42. The smallest absolute Gasteiger partial charge is 0.437 e. The number of carbonyl (C=O) groups is 1. The molecule has 2 rings (SSSR count). The van der Waals surface area contributed by atoms with Crippen molar-refractivity contribution in [2.24, 2.45) is 35.5 Å². The highest BCUT2D eigenvalue weighted by Gasteiger charge is 2.80. The van der Waals surface area contributed by atoms with Gasteiger partial charge in [-0.1, -0.05) is 47.5 Å². The molecule has 6 unspecified atom stereocenters. The molecule has 2 aliphatic rings. The molecule has 0 aliphatic heterocycles. The summed E-state index contributed by atoms with van der Waals surface area (Å²) in [6.45, 7) is 6.13. The lowest BCUT2D eigenvalue weighted by molar-refractivity contribution is -0.420. The molecular formula is C28H40F12O4. The summed E-state index contributed by atoms with van der Waals surface area (Å²) in [5.41, 5.74) is -10.5. The fraction of sp³-hybridized carbons (Fsp3) is 0.964. The molecule has 0 N–H and O–H groups in total. The maximum absolute atomic E-state index is 14.5. The summed E-state index contributed by atoms with van der Waals surface area (Å²) in [6, 6.07) is 0. The van der Waals surface area contributed by atoms with E-state index >= 15 is 0 Å². The maximum atomic E-state index is 14.5. The third-order valence-corrected chi connectivity index (χ3v) is 9.31. The minimum Gasteiger partial charge on any atom is -0.439 e. The van der Waals surface area contributed by atoms with Gasteiger partial charge in [-0.3, -0.25) is 4.79 Å². The van der Waals surface area contributed by atoms with Crippen LogP contribution in [0.3, 0.4) is 0 Å². The van der Waals surface area contributed by atoms with E-state index in [-0.39, 0.29) is 24.2 Å². The molecule has 0 aromatic rings. The van der Waals surface area contributed by atoms with Crippen molar-refractivity contribution in [3.05, 3.63) is 0 Å². The van der Waals surface area contributed by atoms with Crippen LogP contribution in [0.25, 0.3) is 0 Å². The van der Waals surface area contributed by atoms with Gasteiger partial charge < -0.3 is 14.2 Å². The largest absolute Gasteiger partial charge is 0.439 e. The van der Waals surface area contributed by atoms with E-state index < -0.39 is 98.2 Å². The van der Waals surface area contributed by atoms with E-state index in [1.54, 1.807) is 13.8 Å². The van der Waals surface area contributed by atoms with E-state index in [1.165, 1.54) is 6.92 Å². The molecule has 0 bridgehead atoms. The molecule has 2 saturated carbocycles. The van der Waals surface area contributed by atoms with E-state index in [1.807, 2.05) is 6.92 Å². The highest BCUT2D eigenvalue weighted by atomic mass is 19.4. The second kappa shape index (κ2) is 13.7. The SMILES string of the molecule is CCC(C)C(=O)OC(C1CCCC(C(OCOC2CC(C)CCC2C(C)C)(C(F)(F)F)C(F)(F)F)C1)(C(F)(F)F)C(F)(F)F. The van der Waals surface area contributed by atoms with Gasteiger partial charge in [0, 0.05) is 11.8 Å². The van der Waals surface area contributed by atoms with Gasteiger partial charge in [-0.25, -0.2) is 0 Å². The molecule has 6 atom stereocenters. The summed E-state index contributed by atoms with van der Waals surface area (Å²) in [5, 5.41) is 0. The zero-order chi connectivity index (χ0) is 34.1. The summed E-state index contributed by atoms with van der Waals surface area (Å²) >= 11 is 0. The summed E-state index contributed by atoms with van der Waals surface area (Å²) in [6.07, 6.45) is -29.8. The number of esters is 1. The van der Waals surface area contributed by atoms with Crippen LogP contribution in [0.4, 0.5) is 52.7 Å². The molecule has 0 amide bonds. The van der Waals surface area contributed by atoms with E-state index in [0.29, 0.717) is 12.8 Å². The Morgan fingerprint density at radius 1 is 0.727 bits per heavy atom. The van der Waals surface area contributed by atoms with Crippen LogP contribution in [0.5, 0.6) is 0 Å². The van der Waals surface area contributed by atoms with Crippen LogP contribution in [0.1, 0.15) is 86.0 Å². The Balaban J connectivity index is 2.57. The Morgan fingerprint density at radius 2 is 1.20 bits per heavy atom. The van der Waals surface area contributed by atoms with Crippen LogP contribution in [0.2, 0.25) is 0 Å². The highest BCUT2D eigenvalue weighted by molar-refractivity contribution is 5.72. The zero-order valence-electron chi connectivity index (χ0n) is 25.1. The van der Waals surface area contributed by atoms with Crippen LogP contribution in [-0.2, 0) is 19.0 Å². The van der Waals surface area contributed by atoms with Crippen LogP contribution in [-0.4, -0.2) is 54.8 Å². The lowest BCUT2D eigenvalue weighted by Gasteiger charge is -2.49. The van der Waals surface area contributed by atoms with Gasteiger partial charge >= 0.3 is 36.3 Å². The van der Waals surface area contributed by atoms with Crippen LogP contribution in [0, 0.1) is 35.5 Å². The van der Waals surface area contributed by atoms with Gasteiger partial charge in [-0.05, 0) is 56.3 Å². The number of alkyl halides is 12. The molecule has 0 spiro atoms. The van der Waals surface area contributed by atoms with E-state index in [2.05, 4.69) is 9.47 Å². The molecular weight excluding hydrogens is 628 g/mol. The van der Waals surface area contributed by atoms with Crippen molar-refractivity contribution in [3.8, 4) is 0 Å². The predicted molar refractivity (Wildman–Crippen MR) is 133 cm³/mol. The third kappa shape index (κ3) is 7.57. The molecule has 0 heterocycles. The Hall–Kier alpha value is -1.45. The quantitative estimate of drug-likeness (QED) is 0.132. The topological polar surface area (TPSA) is 44.8 Å². The van der Waals surface area contributed by atoms with Gasteiger partial charge in [0.2, 0.25) is 0 Å². The van der Waals surface area contributed by atoms with E-state index in [0.717, 1.165) is 13.3 Å². The maximum Gasteiger partial charge on any atom is 0.437 e. The fourth-order valence-electron chi connectivity index (χ4n) is 6.60. The molecule has 0 radical (unpaired) electrons. The lowest BCUT2D eigenvalue weighted by Crippen LogP contribution is -2.68. The van der Waals surface area contributed by atoms with Crippen molar-refractivity contribution in [1.29, 1.82) is 0 Å². The molecule has 4 nitrogen and oxygen atoms in total. The summed E-state index contributed by atoms with van der Waals surface area (Å²) < 4.78 is 187. The van der Waals surface area contributed by atoms with Crippen molar-refractivity contribution in [2.45, 2.75) is 128 Å². The van der Waals surface area contributed by atoms with Crippen LogP contribution < -0.4 is 0 Å². The van der Waals surface area contributed by atoms with Crippen molar-refractivity contribution < 1.29 is 71.7 Å². The van der Waals surface area contributed by atoms with E-state index in [4.69, 9.17) is 4.74 Å². The van der Waals surface area contributed by atoms with Crippen molar-refractivity contribution in [1.82, 2.24) is 0 Å². The predicted octanol–water partition coefficient (Wildman–Crippen LogP) is 9.56. The standard InChI is InChI=1S/C28H40F12O4/c1-6-17(5)22(41)44-24(27(35,36)37,28(38,39)40)19-9-7-8-18(13-19)23(25(29,30)31,26(32,33)34)43-14-42-21-12-16(4)10-11-20(21)15(2)3/h15-21H,6-14H2,1-5H3. The first-order valence-corrected chi connectivity index (χ1v) is 14.6. The van der Waals surface area contributed by atoms with E-state index in [9.17, 15) is 57.5 Å². The second-order valence-electron chi connectivity index (χ2n) is 12.5. The molecule has 2 aliphatic carbocycles. The highest BCUT2D eigenvalue weighted by Crippen LogP contribution is 2.60. The van der Waals surface area contributed by atoms with Crippen LogP contribution in [0.15, 0.2) is 0 Å². The normalized spacial score (nSPS) is 27.4. The third-order valence-electron chi connectivity index (χ3n) is 9.31. The van der Waals surface area contributed by atoms with Gasteiger partial charge in [0.25, 0.3) is 5.60 Å². The fourth-order valence-corrected chi connectivity index (χ4v) is 6.60. The molecule has 44 heavy (non-hydrogen) atoms. The lowest BCUT2D eigenvalue weighted by atomic mass is 9.66. The monoisotopic (exact) mass is 668 g/mol. The van der Waals surface area contributed by atoms with Gasteiger partial charge in [0.05, 0.1) is 12.0 Å². The second-order valence-corrected chi connectivity index (χ2v) is 12.5. The summed E-state index contributed by atoms with van der Waals surface area (Å²) in [4.78, 5) is 12.3. The Morgan fingerprint density at radius 3 is 1.64 bits per heavy atom. The first-order valence-electron chi connectivity index (χ1n) is 14.6. The Labute approximate surface area is 248 Å². The summed E-state index contributed by atoms with van der Waals surface area (Å²) in [7, 11) is 0. The first-order chi connectivity index (χ1) is 19.9. The number of rotatable bonds is 10. The average Bonchev–Trinajstić information content (AvgIpc) is 2.86. The zero-order valence-corrected chi connectivity index (χ0v) is 25.1. The van der Waals surface area contributed by atoms with Gasteiger partial charge in [0.1, 0.15) is 6.79 Å². The number of ether oxygens (including phenoxy) is 3. The number of carbonyl (C=O) groups excluding carboxylic acids is 1. The molecule has 16 heteroatoms. The number of halogens is 12. The summed E-state index contributed by atoms with van der Waals surface area (Å²) in [5.74, 6) is -9.60. The number of hydrogen-bond donors (Lipinski definition) is 0. The molecule has 0 aromatic heterocycles. The number of hydrogen-bond acceptors (Lipinski definition) is 4. The minimum absolute atomic E-state index is 0.0417. The Kier molecular flexibility index (Phi) is 12.1. The van der Waals surface area contributed by atoms with Crippen LogP contribution >= 0.6 is 0 Å². The van der Waals surface area contributed by atoms with Gasteiger partial charge in [-0.2, -0.15) is 52.7 Å². The molecule has 0 saturated heterocycles. The molecule has 0 aromatic carbocycles. The van der Waals surface area contributed by atoms with Crippen molar-refractivity contribution in [2.75, 3.05) is 6.79 Å². The first kappa shape index (κ1) is 38.7. The van der Waals surface area contributed by atoms with Gasteiger partial charge in [0.15, 0.2) is 0 Å². The van der Waals surface area contributed by atoms with Crippen molar-refractivity contribution in [3.63, 3.8) is 0 Å². The Bertz CT molecular complexity index is 913. The van der Waals surface area contributed by atoms with Crippen molar-refractivity contribution >= 4 is 5.97 Å².